The van der Waals surface area contributed by atoms with Crippen LogP contribution >= 0.6 is 15.9 Å². The van der Waals surface area contributed by atoms with Gasteiger partial charge in [-0.1, -0.05) is 31.2 Å². The largest absolute Gasteiger partial charge is 0.389 e. The topological polar surface area (TPSA) is 33.1 Å². The Hall–Kier alpha value is -1.19. The number of hydrogen-bond donors (Lipinski definition) is 1. The third-order valence-electron chi connectivity index (χ3n) is 8.25. The number of benzene rings is 1. The summed E-state index contributed by atoms with van der Waals surface area (Å²) in [5.74, 6) is 2.04. The molecule has 2 nitrogen and oxygen atoms in total. The highest BCUT2D eigenvalue weighted by atomic mass is 79.9. The zero-order chi connectivity index (χ0) is 18.6. The van der Waals surface area contributed by atoms with Gasteiger partial charge in [0.05, 0.1) is 11.3 Å². The van der Waals surface area contributed by atoms with Gasteiger partial charge in [-0.05, 0) is 101 Å². The van der Waals surface area contributed by atoms with Crippen LogP contribution in [0.5, 0.6) is 0 Å². The lowest BCUT2D eigenvalue weighted by molar-refractivity contribution is -0.102. The predicted octanol–water partition coefficient (Wildman–Crippen LogP) is 5.67. The number of pyridine rings is 1. The summed E-state index contributed by atoms with van der Waals surface area (Å²) < 4.78 is 1.02. The summed E-state index contributed by atoms with van der Waals surface area (Å²) in [7, 11) is 0. The van der Waals surface area contributed by atoms with E-state index in [-0.39, 0.29) is 5.41 Å². The molecule has 5 rings (SSSR count). The molecule has 1 aromatic heterocycles. The van der Waals surface area contributed by atoms with Crippen molar-refractivity contribution in [3.05, 3.63) is 63.9 Å². The van der Waals surface area contributed by atoms with Crippen molar-refractivity contribution < 1.29 is 5.11 Å². The highest BCUT2D eigenvalue weighted by Gasteiger charge is 2.61. The van der Waals surface area contributed by atoms with Gasteiger partial charge in [-0.15, -0.1) is 0 Å². The van der Waals surface area contributed by atoms with E-state index in [1.165, 1.54) is 19.3 Å². The van der Waals surface area contributed by atoms with E-state index in [9.17, 15) is 5.11 Å². The lowest BCUT2D eigenvalue weighted by atomic mass is 9.53. The van der Waals surface area contributed by atoms with E-state index in [4.69, 9.17) is 0 Å². The second-order valence-electron chi connectivity index (χ2n) is 9.25. The highest BCUT2D eigenvalue weighted by molar-refractivity contribution is 9.10. The molecule has 0 amide bonds. The molecule has 2 fully saturated rings. The molecule has 1 N–H and O–H groups in total. The molecule has 0 spiro atoms. The van der Waals surface area contributed by atoms with Gasteiger partial charge in [-0.2, -0.15) is 0 Å². The molecule has 2 aromatic rings. The summed E-state index contributed by atoms with van der Waals surface area (Å²) in [5, 5.41) is 11.8. The molecule has 1 heterocycles. The number of hydrogen-bond acceptors (Lipinski definition) is 2. The fourth-order valence-electron chi connectivity index (χ4n) is 6.75. The van der Waals surface area contributed by atoms with Crippen molar-refractivity contribution in [1.29, 1.82) is 0 Å². The maximum atomic E-state index is 11.8. The van der Waals surface area contributed by atoms with Gasteiger partial charge in [0.2, 0.25) is 0 Å². The van der Waals surface area contributed by atoms with Crippen LogP contribution in [0.1, 0.15) is 61.8 Å². The first-order valence-electron chi connectivity index (χ1n) is 10.4. The summed E-state index contributed by atoms with van der Waals surface area (Å²) in [6, 6.07) is 13.1. The average Bonchev–Trinajstić information content (AvgIpc) is 2.94. The second kappa shape index (κ2) is 6.42. The Labute approximate surface area is 170 Å². The van der Waals surface area contributed by atoms with Crippen LogP contribution in [0.3, 0.4) is 0 Å². The van der Waals surface area contributed by atoms with Gasteiger partial charge in [-0.3, -0.25) is 4.98 Å². The number of rotatable bonds is 2. The summed E-state index contributed by atoms with van der Waals surface area (Å²) in [5.41, 5.74) is 3.51. The first-order chi connectivity index (χ1) is 13.0. The van der Waals surface area contributed by atoms with Crippen molar-refractivity contribution in [3.8, 4) is 0 Å². The SMILES string of the molecule is C[C@]12CCC3c4ccccc4CC[C@H]3C1CC[C@@]2(O)Cc1ncccc1Br. The van der Waals surface area contributed by atoms with E-state index in [0.717, 1.165) is 35.3 Å². The van der Waals surface area contributed by atoms with Gasteiger partial charge in [0, 0.05) is 17.1 Å². The van der Waals surface area contributed by atoms with Gasteiger partial charge < -0.3 is 5.11 Å². The first kappa shape index (κ1) is 17.9. The number of aromatic nitrogens is 1. The van der Waals surface area contributed by atoms with Crippen molar-refractivity contribution in [2.45, 2.75) is 63.4 Å². The molecule has 0 saturated heterocycles. The van der Waals surface area contributed by atoms with Gasteiger partial charge in [0.1, 0.15) is 0 Å². The predicted molar refractivity (Wildman–Crippen MR) is 112 cm³/mol. The number of halogens is 1. The van der Waals surface area contributed by atoms with Crippen LogP contribution in [0, 0.1) is 17.3 Å². The molecule has 3 heteroatoms. The summed E-state index contributed by atoms with van der Waals surface area (Å²) in [4.78, 5) is 4.56. The zero-order valence-electron chi connectivity index (χ0n) is 16.0. The maximum absolute atomic E-state index is 11.8. The molecule has 3 aliphatic rings. The summed E-state index contributed by atoms with van der Waals surface area (Å²) >= 11 is 3.63. The third-order valence-corrected chi connectivity index (χ3v) is 8.98. The van der Waals surface area contributed by atoms with Crippen LogP contribution in [0.15, 0.2) is 47.1 Å². The molecule has 0 aliphatic heterocycles. The minimum atomic E-state index is -0.642. The van der Waals surface area contributed by atoms with E-state index < -0.39 is 5.60 Å². The Balaban J connectivity index is 1.46. The Morgan fingerprint density at radius 2 is 1.96 bits per heavy atom. The summed E-state index contributed by atoms with van der Waals surface area (Å²) in [6.45, 7) is 2.37. The van der Waals surface area contributed by atoms with Crippen molar-refractivity contribution >= 4 is 15.9 Å². The van der Waals surface area contributed by atoms with Gasteiger partial charge >= 0.3 is 0 Å². The minimum absolute atomic E-state index is 0.00257. The van der Waals surface area contributed by atoms with Gasteiger partial charge in [-0.25, -0.2) is 0 Å². The van der Waals surface area contributed by atoms with Crippen LogP contribution in [0.4, 0.5) is 0 Å². The number of aryl methyl sites for hydroxylation is 1. The molecule has 2 unspecified atom stereocenters. The van der Waals surface area contributed by atoms with Crippen LogP contribution in [0.2, 0.25) is 0 Å². The summed E-state index contributed by atoms with van der Waals surface area (Å²) in [6.07, 6.45) is 9.37. The molecule has 0 radical (unpaired) electrons. The van der Waals surface area contributed by atoms with Gasteiger partial charge in [0.25, 0.3) is 0 Å². The monoisotopic (exact) mass is 425 g/mol. The molecule has 1 aromatic carbocycles. The van der Waals surface area contributed by atoms with E-state index in [1.54, 1.807) is 11.1 Å². The Morgan fingerprint density at radius 3 is 2.81 bits per heavy atom. The molecule has 27 heavy (non-hydrogen) atoms. The zero-order valence-corrected chi connectivity index (χ0v) is 17.6. The fraction of sp³-hybridized carbons (Fsp3) is 0.542. The number of aliphatic hydroxyl groups is 1. The molecule has 5 atom stereocenters. The molecule has 142 valence electrons. The van der Waals surface area contributed by atoms with Crippen LogP contribution in [-0.4, -0.2) is 15.7 Å². The smallest absolute Gasteiger partial charge is 0.0759 e. The van der Waals surface area contributed by atoms with Crippen molar-refractivity contribution in [1.82, 2.24) is 4.98 Å². The average molecular weight is 426 g/mol. The third kappa shape index (κ3) is 2.65. The lowest BCUT2D eigenvalue weighted by Gasteiger charge is -2.53. The fourth-order valence-corrected chi connectivity index (χ4v) is 7.14. The lowest BCUT2D eigenvalue weighted by Crippen LogP contribution is -2.52. The molecule has 0 bridgehead atoms. The van der Waals surface area contributed by atoms with Crippen molar-refractivity contribution in [2.24, 2.45) is 17.3 Å². The van der Waals surface area contributed by atoms with Crippen LogP contribution < -0.4 is 0 Å². The van der Waals surface area contributed by atoms with E-state index in [2.05, 4.69) is 52.1 Å². The number of nitrogens with zero attached hydrogens (tertiary/aromatic N) is 1. The molecular formula is C24H28BrNO. The molecule has 3 aliphatic carbocycles. The van der Waals surface area contributed by atoms with Crippen LogP contribution in [0.25, 0.3) is 0 Å². The highest BCUT2D eigenvalue weighted by Crippen LogP contribution is 2.64. The Bertz CT molecular complexity index is 867. The molecular weight excluding hydrogens is 398 g/mol. The second-order valence-corrected chi connectivity index (χ2v) is 10.1. The van der Waals surface area contributed by atoms with Crippen molar-refractivity contribution in [2.75, 3.05) is 0 Å². The van der Waals surface area contributed by atoms with E-state index in [0.29, 0.717) is 18.3 Å². The Kier molecular flexibility index (Phi) is 4.25. The minimum Gasteiger partial charge on any atom is -0.389 e. The Morgan fingerprint density at radius 1 is 1.11 bits per heavy atom. The number of fused-ring (bicyclic) bond motifs is 5. The van der Waals surface area contributed by atoms with Crippen LogP contribution in [-0.2, 0) is 12.8 Å². The normalized spacial score (nSPS) is 37.4. The maximum Gasteiger partial charge on any atom is 0.0759 e. The van der Waals surface area contributed by atoms with Gasteiger partial charge in [0.15, 0.2) is 0 Å². The molecule has 2 saturated carbocycles. The first-order valence-corrected chi connectivity index (χ1v) is 11.2. The van der Waals surface area contributed by atoms with Crippen molar-refractivity contribution in [3.63, 3.8) is 0 Å². The quantitative estimate of drug-likeness (QED) is 0.671. The van der Waals surface area contributed by atoms with E-state index in [1.807, 2.05) is 18.3 Å². The van der Waals surface area contributed by atoms with E-state index >= 15 is 0 Å². The standard InChI is InChI=1S/C24H28BrNO/c1-23-12-10-18-17-6-3-2-5-16(17)8-9-19(18)20(23)11-13-24(23,27)15-22-21(25)7-4-14-26-22/h2-7,14,18-20,27H,8-13,15H2,1H3/t18?,19-,20?,23+,24-/m1/s1.